The van der Waals surface area contributed by atoms with Crippen LogP contribution in [0.1, 0.15) is 52.5 Å². The van der Waals surface area contributed by atoms with E-state index in [1.165, 1.54) is 12.1 Å². The third-order valence-electron chi connectivity index (χ3n) is 4.70. The van der Waals surface area contributed by atoms with Crippen LogP contribution in [0.4, 0.5) is 4.39 Å². The lowest BCUT2D eigenvalue weighted by Gasteiger charge is -2.33. The molecule has 0 fully saturated rings. The largest absolute Gasteiger partial charge is 0.494 e. The van der Waals surface area contributed by atoms with Crippen LogP contribution in [0.25, 0.3) is 0 Å². The molecule has 0 aromatic heterocycles. The fourth-order valence-electron chi connectivity index (χ4n) is 3.23. The fraction of sp³-hybridized carbons (Fsp3) is 0.440. The van der Waals surface area contributed by atoms with Gasteiger partial charge < -0.3 is 15.0 Å². The second kappa shape index (κ2) is 11.5. The Labute approximate surface area is 184 Å². The normalized spacial score (nSPS) is 12.2. The molecule has 1 N–H and O–H groups in total. The van der Waals surface area contributed by atoms with Crippen molar-refractivity contribution in [3.63, 3.8) is 0 Å². The summed E-state index contributed by atoms with van der Waals surface area (Å²) >= 11 is 0. The van der Waals surface area contributed by atoms with E-state index in [0.717, 1.165) is 11.3 Å². The number of nitrogens with zero attached hydrogens (tertiary/aromatic N) is 1. The van der Waals surface area contributed by atoms with Crippen molar-refractivity contribution in [2.24, 2.45) is 0 Å². The molecule has 0 spiro atoms. The van der Waals surface area contributed by atoms with Gasteiger partial charge in [0.15, 0.2) is 0 Å². The van der Waals surface area contributed by atoms with Crippen molar-refractivity contribution in [2.45, 2.75) is 65.1 Å². The first-order valence-corrected chi connectivity index (χ1v) is 10.7. The monoisotopic (exact) mass is 428 g/mol. The molecular formula is C25H33FN2O3. The molecule has 1 atom stereocenters. The molecule has 6 heteroatoms. The molecule has 0 unspecified atom stereocenters. The van der Waals surface area contributed by atoms with Gasteiger partial charge in [0, 0.05) is 18.5 Å². The number of carbonyl (C=O) groups excluding carboxylic acids is 2. The van der Waals surface area contributed by atoms with E-state index in [4.69, 9.17) is 4.74 Å². The summed E-state index contributed by atoms with van der Waals surface area (Å²) in [5.41, 5.74) is 0.371. The van der Waals surface area contributed by atoms with E-state index in [1.54, 1.807) is 17.0 Å². The number of hydrogen-bond acceptors (Lipinski definition) is 3. The number of hydrogen-bond donors (Lipinski definition) is 1. The minimum atomic E-state index is -0.605. The standard InChI is InChI=1S/C25H33FN2O3/c1-5-22(24(30)27-25(2,3)4)28(18-19-13-15-20(26)16-14-19)23(29)12-9-17-31-21-10-7-6-8-11-21/h6-8,10-11,13-16,22H,5,9,12,17-18H2,1-4H3,(H,27,30)/t22-/m0/s1. The third-order valence-corrected chi connectivity index (χ3v) is 4.70. The molecule has 0 saturated heterocycles. The Kier molecular flexibility index (Phi) is 9.03. The van der Waals surface area contributed by atoms with Gasteiger partial charge in [0.2, 0.25) is 11.8 Å². The Morgan fingerprint density at radius 2 is 1.71 bits per heavy atom. The molecule has 0 bridgehead atoms. The highest BCUT2D eigenvalue weighted by molar-refractivity contribution is 5.88. The Balaban J connectivity index is 2.08. The SMILES string of the molecule is CC[C@@H](C(=O)NC(C)(C)C)N(Cc1ccc(F)cc1)C(=O)CCCOc1ccccc1. The highest BCUT2D eigenvalue weighted by atomic mass is 19.1. The predicted octanol–water partition coefficient (Wildman–Crippen LogP) is 4.71. The molecule has 2 aromatic rings. The second-order valence-corrected chi connectivity index (χ2v) is 8.58. The van der Waals surface area contributed by atoms with E-state index < -0.39 is 11.6 Å². The van der Waals surface area contributed by atoms with Gasteiger partial charge in [-0.25, -0.2) is 4.39 Å². The van der Waals surface area contributed by atoms with Gasteiger partial charge in [0.05, 0.1) is 6.61 Å². The molecule has 2 amide bonds. The number of halogens is 1. The number of amides is 2. The molecule has 5 nitrogen and oxygen atoms in total. The minimum Gasteiger partial charge on any atom is -0.494 e. The van der Waals surface area contributed by atoms with Crippen LogP contribution in [-0.2, 0) is 16.1 Å². The van der Waals surface area contributed by atoms with Crippen LogP contribution in [0.3, 0.4) is 0 Å². The zero-order chi connectivity index (χ0) is 22.9. The van der Waals surface area contributed by atoms with Gasteiger partial charge in [-0.15, -0.1) is 0 Å². The zero-order valence-corrected chi connectivity index (χ0v) is 18.9. The topological polar surface area (TPSA) is 58.6 Å². The quantitative estimate of drug-likeness (QED) is 0.558. The van der Waals surface area contributed by atoms with Crippen LogP contribution in [0.5, 0.6) is 5.75 Å². The predicted molar refractivity (Wildman–Crippen MR) is 120 cm³/mol. The summed E-state index contributed by atoms with van der Waals surface area (Å²) in [6.45, 7) is 8.26. The summed E-state index contributed by atoms with van der Waals surface area (Å²) in [4.78, 5) is 27.6. The smallest absolute Gasteiger partial charge is 0.243 e. The van der Waals surface area contributed by atoms with Gasteiger partial charge in [-0.3, -0.25) is 9.59 Å². The molecule has 0 saturated carbocycles. The second-order valence-electron chi connectivity index (χ2n) is 8.58. The molecule has 2 aromatic carbocycles. The van der Waals surface area contributed by atoms with Gasteiger partial charge >= 0.3 is 0 Å². The van der Waals surface area contributed by atoms with Crippen LogP contribution < -0.4 is 10.1 Å². The van der Waals surface area contributed by atoms with Crippen molar-refractivity contribution >= 4 is 11.8 Å². The Bertz CT molecular complexity index is 832. The van der Waals surface area contributed by atoms with E-state index in [0.29, 0.717) is 19.4 Å². The van der Waals surface area contributed by atoms with Crippen LogP contribution in [0.15, 0.2) is 54.6 Å². The Morgan fingerprint density at radius 1 is 1.06 bits per heavy atom. The number of rotatable bonds is 10. The van der Waals surface area contributed by atoms with E-state index in [9.17, 15) is 14.0 Å². The first kappa shape index (κ1) is 24.4. The highest BCUT2D eigenvalue weighted by Crippen LogP contribution is 2.16. The van der Waals surface area contributed by atoms with Crippen LogP contribution in [0.2, 0.25) is 0 Å². The van der Waals surface area contributed by atoms with E-state index in [-0.39, 0.29) is 30.6 Å². The van der Waals surface area contributed by atoms with Gasteiger partial charge in [0.25, 0.3) is 0 Å². The zero-order valence-electron chi connectivity index (χ0n) is 18.9. The average molecular weight is 429 g/mol. The van der Waals surface area contributed by atoms with Crippen molar-refractivity contribution in [3.05, 3.63) is 66.0 Å². The van der Waals surface area contributed by atoms with Crippen LogP contribution in [0, 0.1) is 5.82 Å². The Hall–Kier alpha value is -2.89. The van der Waals surface area contributed by atoms with Crippen molar-refractivity contribution in [2.75, 3.05) is 6.61 Å². The molecular weight excluding hydrogens is 395 g/mol. The maximum absolute atomic E-state index is 13.3. The maximum atomic E-state index is 13.3. The number of para-hydroxylation sites is 1. The molecule has 0 aliphatic heterocycles. The Morgan fingerprint density at radius 3 is 2.29 bits per heavy atom. The van der Waals surface area contributed by atoms with Crippen LogP contribution in [-0.4, -0.2) is 34.9 Å². The lowest BCUT2D eigenvalue weighted by Crippen LogP contribution is -2.53. The summed E-state index contributed by atoms with van der Waals surface area (Å²) < 4.78 is 19.0. The molecule has 0 radical (unpaired) electrons. The van der Waals surface area contributed by atoms with E-state index in [1.807, 2.05) is 58.0 Å². The molecule has 2 rings (SSSR count). The molecule has 0 aliphatic rings. The van der Waals surface area contributed by atoms with Crippen molar-refractivity contribution < 1.29 is 18.7 Å². The summed E-state index contributed by atoms with van der Waals surface area (Å²) in [5, 5.41) is 2.97. The molecule has 31 heavy (non-hydrogen) atoms. The maximum Gasteiger partial charge on any atom is 0.243 e. The first-order chi connectivity index (χ1) is 14.7. The number of carbonyl (C=O) groups is 2. The third kappa shape index (κ3) is 8.40. The highest BCUT2D eigenvalue weighted by Gasteiger charge is 2.30. The summed E-state index contributed by atoms with van der Waals surface area (Å²) in [6.07, 6.45) is 1.27. The fourth-order valence-corrected chi connectivity index (χ4v) is 3.23. The summed E-state index contributed by atoms with van der Waals surface area (Å²) in [7, 11) is 0. The summed E-state index contributed by atoms with van der Waals surface area (Å²) in [5.74, 6) is 0.106. The van der Waals surface area contributed by atoms with Gasteiger partial charge in [-0.2, -0.15) is 0 Å². The lowest BCUT2D eigenvalue weighted by molar-refractivity contribution is -0.142. The van der Waals surface area contributed by atoms with Crippen LogP contribution >= 0.6 is 0 Å². The van der Waals surface area contributed by atoms with E-state index in [2.05, 4.69) is 5.32 Å². The number of nitrogens with one attached hydrogen (secondary N) is 1. The average Bonchev–Trinajstić information content (AvgIpc) is 2.72. The van der Waals surface area contributed by atoms with E-state index >= 15 is 0 Å². The van der Waals surface area contributed by atoms with Crippen molar-refractivity contribution in [3.8, 4) is 5.75 Å². The van der Waals surface area contributed by atoms with Crippen molar-refractivity contribution in [1.29, 1.82) is 0 Å². The number of ether oxygens (including phenoxy) is 1. The molecule has 0 aliphatic carbocycles. The van der Waals surface area contributed by atoms with Crippen molar-refractivity contribution in [1.82, 2.24) is 10.2 Å². The van der Waals surface area contributed by atoms with Gasteiger partial charge in [-0.05, 0) is 63.4 Å². The molecule has 0 heterocycles. The first-order valence-electron chi connectivity index (χ1n) is 10.7. The van der Waals surface area contributed by atoms with Gasteiger partial charge in [-0.1, -0.05) is 37.3 Å². The summed E-state index contributed by atoms with van der Waals surface area (Å²) in [6, 6.07) is 14.8. The number of benzene rings is 2. The minimum absolute atomic E-state index is 0.128. The molecule has 168 valence electrons. The lowest BCUT2D eigenvalue weighted by atomic mass is 10.0. The van der Waals surface area contributed by atoms with Gasteiger partial charge in [0.1, 0.15) is 17.6 Å².